The first-order valence-electron chi connectivity index (χ1n) is 6.76. The summed E-state index contributed by atoms with van der Waals surface area (Å²) in [6.07, 6.45) is -4.14. The Morgan fingerprint density at radius 2 is 1.91 bits per heavy atom. The van der Waals surface area contributed by atoms with Gasteiger partial charge in [-0.2, -0.15) is 13.2 Å². The first-order chi connectivity index (χ1) is 10.3. The van der Waals surface area contributed by atoms with Crippen molar-refractivity contribution in [3.63, 3.8) is 0 Å². The van der Waals surface area contributed by atoms with E-state index in [1.165, 1.54) is 4.90 Å². The number of rotatable bonds is 3. The van der Waals surface area contributed by atoms with Crippen LogP contribution < -0.4 is 4.74 Å². The predicted octanol–water partition coefficient (Wildman–Crippen LogP) is 3.27. The van der Waals surface area contributed by atoms with Crippen LogP contribution in [0.25, 0.3) is 5.73 Å². The molecule has 0 bridgehead atoms. The van der Waals surface area contributed by atoms with Gasteiger partial charge in [-0.15, -0.1) is 0 Å². The number of carbonyl (C=O) groups excluding carboxylic acids is 1. The molecule has 4 nitrogen and oxygen atoms in total. The van der Waals surface area contributed by atoms with E-state index in [0.717, 1.165) is 12.1 Å². The fourth-order valence-electron chi connectivity index (χ4n) is 2.32. The molecule has 0 aromatic heterocycles. The van der Waals surface area contributed by atoms with Crippen LogP contribution in [0, 0.1) is 5.82 Å². The van der Waals surface area contributed by atoms with E-state index >= 15 is 0 Å². The lowest BCUT2D eigenvalue weighted by atomic mass is 10.1. The molecule has 1 aromatic rings. The molecule has 0 radical (unpaired) electrons. The molecule has 2 rings (SSSR count). The van der Waals surface area contributed by atoms with E-state index in [1.807, 2.05) is 0 Å². The zero-order chi connectivity index (χ0) is 16.3. The second-order valence-electron chi connectivity index (χ2n) is 5.05. The van der Waals surface area contributed by atoms with Crippen molar-refractivity contribution >= 4 is 5.91 Å². The third kappa shape index (κ3) is 4.09. The molecule has 0 aliphatic carbocycles. The Morgan fingerprint density at radius 3 is 2.45 bits per heavy atom. The first kappa shape index (κ1) is 16.5. The highest BCUT2D eigenvalue weighted by molar-refractivity contribution is 5.79. The van der Waals surface area contributed by atoms with Crippen molar-refractivity contribution in [2.45, 2.75) is 25.1 Å². The van der Waals surface area contributed by atoms with Crippen LogP contribution in [0.5, 0.6) is 5.75 Å². The summed E-state index contributed by atoms with van der Waals surface area (Å²) in [4.78, 5) is 12.9. The quantitative estimate of drug-likeness (QED) is 0.803. The van der Waals surface area contributed by atoms with Gasteiger partial charge in [0.15, 0.2) is 0 Å². The highest BCUT2D eigenvalue weighted by Crippen LogP contribution is 2.33. The van der Waals surface area contributed by atoms with E-state index in [-0.39, 0.29) is 24.3 Å². The number of hydrogen-bond donors (Lipinski definition) is 0. The van der Waals surface area contributed by atoms with Gasteiger partial charge < -0.3 is 15.4 Å². The van der Waals surface area contributed by atoms with Gasteiger partial charge >= 0.3 is 6.18 Å². The number of amides is 1. The van der Waals surface area contributed by atoms with Crippen LogP contribution in [0.3, 0.4) is 0 Å². The number of carbonyl (C=O) groups is 1. The van der Waals surface area contributed by atoms with Gasteiger partial charge in [0.05, 0.1) is 5.56 Å². The average molecular weight is 319 g/mol. The Bertz CT molecular complexity index is 540. The molecule has 122 valence electrons. The molecule has 0 saturated carbocycles. The lowest BCUT2D eigenvalue weighted by molar-refractivity contribution is -0.138. The van der Waals surface area contributed by atoms with Gasteiger partial charge in [0.2, 0.25) is 5.91 Å². The maximum absolute atomic E-state index is 13.3. The number of nitrogens with zero attached hydrogens (tertiary/aromatic N) is 1. The summed E-state index contributed by atoms with van der Waals surface area (Å²) in [5.74, 6) is -1.46. The fraction of sp³-hybridized carbons (Fsp3) is 0.500. The molecular weight excluding hydrogens is 304 g/mol. The van der Waals surface area contributed by atoms with E-state index in [0.29, 0.717) is 32.0 Å². The van der Waals surface area contributed by atoms with Crippen molar-refractivity contribution in [2.24, 2.45) is 0 Å². The van der Waals surface area contributed by atoms with Gasteiger partial charge in [0.1, 0.15) is 17.7 Å². The van der Waals surface area contributed by atoms with Gasteiger partial charge in [-0.25, -0.2) is 4.39 Å². The summed E-state index contributed by atoms with van der Waals surface area (Å²) < 4.78 is 56.5. The predicted molar refractivity (Wildman–Crippen MR) is 70.8 cm³/mol. The Balaban J connectivity index is 2.00. The van der Waals surface area contributed by atoms with Crippen molar-refractivity contribution in [3.8, 4) is 5.75 Å². The molecule has 1 aromatic carbocycles. The van der Waals surface area contributed by atoms with E-state index in [2.05, 4.69) is 0 Å². The lowest BCUT2D eigenvalue weighted by Gasteiger charge is -2.33. The molecule has 22 heavy (non-hydrogen) atoms. The first-order valence-corrected chi connectivity index (χ1v) is 6.76. The molecule has 1 amide bonds. The standard InChI is InChI=1S/C14H15F4N2O2/c15-10-5-9(14(16,17)18)6-12(7-10)22-11-1-3-20(4-2-11)13(21)8-19/h5-7,11,19H,1-4,8H2/q-1. The number of nitrogens with one attached hydrogen (secondary N) is 1. The lowest BCUT2D eigenvalue weighted by Crippen LogP contribution is -2.42. The fourth-order valence-corrected chi connectivity index (χ4v) is 2.32. The number of benzene rings is 1. The average Bonchev–Trinajstić information content (AvgIpc) is 2.45. The van der Waals surface area contributed by atoms with Crippen molar-refractivity contribution in [1.29, 1.82) is 0 Å². The van der Waals surface area contributed by atoms with Gasteiger partial charge in [-0.1, -0.05) is 6.54 Å². The van der Waals surface area contributed by atoms with Crippen LogP contribution in [-0.2, 0) is 11.0 Å². The van der Waals surface area contributed by atoms with Crippen LogP contribution in [0.1, 0.15) is 18.4 Å². The highest BCUT2D eigenvalue weighted by Gasteiger charge is 2.32. The minimum Gasteiger partial charge on any atom is -0.670 e. The van der Waals surface area contributed by atoms with Crippen LogP contribution in [0.15, 0.2) is 18.2 Å². The summed E-state index contributed by atoms with van der Waals surface area (Å²) in [6.45, 7) is 0.429. The monoisotopic (exact) mass is 319 g/mol. The number of likely N-dealkylation sites (tertiary alicyclic amines) is 1. The SMILES string of the molecule is [NH-]CC(=O)N1CCC(Oc2cc(F)cc(C(F)(F)F)c2)CC1. The molecular formula is C14H15F4N2O2-. The number of halogens is 4. The summed E-state index contributed by atoms with van der Waals surface area (Å²) in [5.41, 5.74) is 5.92. The van der Waals surface area contributed by atoms with Gasteiger partial charge in [0, 0.05) is 32.0 Å². The molecule has 1 aliphatic rings. The zero-order valence-electron chi connectivity index (χ0n) is 11.6. The third-order valence-corrected chi connectivity index (χ3v) is 3.45. The number of hydrogen-bond acceptors (Lipinski definition) is 2. The Morgan fingerprint density at radius 1 is 1.27 bits per heavy atom. The van der Waals surface area contributed by atoms with Crippen molar-refractivity contribution in [3.05, 3.63) is 35.3 Å². The maximum Gasteiger partial charge on any atom is 0.416 e. The van der Waals surface area contributed by atoms with Crippen molar-refractivity contribution in [2.75, 3.05) is 19.6 Å². The number of piperidine rings is 1. The van der Waals surface area contributed by atoms with Crippen molar-refractivity contribution < 1.29 is 27.1 Å². The zero-order valence-corrected chi connectivity index (χ0v) is 11.6. The highest BCUT2D eigenvalue weighted by atomic mass is 19.4. The molecule has 1 fully saturated rings. The molecule has 1 saturated heterocycles. The molecule has 0 atom stereocenters. The second kappa shape index (κ2) is 6.51. The third-order valence-electron chi connectivity index (χ3n) is 3.45. The van der Waals surface area contributed by atoms with E-state index in [4.69, 9.17) is 10.5 Å². The Labute approximate surface area is 124 Å². The van der Waals surface area contributed by atoms with Gasteiger partial charge in [0.25, 0.3) is 0 Å². The van der Waals surface area contributed by atoms with E-state index < -0.39 is 17.6 Å². The largest absolute Gasteiger partial charge is 0.670 e. The summed E-state index contributed by atoms with van der Waals surface area (Å²) in [7, 11) is 0. The molecule has 1 N–H and O–H groups in total. The van der Waals surface area contributed by atoms with E-state index in [1.54, 1.807) is 0 Å². The number of alkyl halides is 3. The van der Waals surface area contributed by atoms with Crippen LogP contribution >= 0.6 is 0 Å². The number of ether oxygens (including phenoxy) is 1. The molecule has 8 heteroatoms. The summed E-state index contributed by atoms with van der Waals surface area (Å²) in [6, 6.07) is 2.10. The maximum atomic E-state index is 13.3. The molecule has 1 heterocycles. The Hall–Kier alpha value is -1.83. The smallest absolute Gasteiger partial charge is 0.416 e. The second-order valence-corrected chi connectivity index (χ2v) is 5.05. The molecule has 0 unspecified atom stereocenters. The van der Waals surface area contributed by atoms with Gasteiger partial charge in [-0.3, -0.25) is 4.79 Å². The Kier molecular flexibility index (Phi) is 4.90. The minimum atomic E-state index is -4.63. The summed E-state index contributed by atoms with van der Waals surface area (Å²) in [5, 5.41) is 0. The van der Waals surface area contributed by atoms with Crippen molar-refractivity contribution in [1.82, 2.24) is 4.90 Å². The molecule has 0 spiro atoms. The van der Waals surface area contributed by atoms with Crippen LogP contribution in [-0.4, -0.2) is 36.5 Å². The normalized spacial score (nSPS) is 16.7. The molecule has 1 aliphatic heterocycles. The summed E-state index contributed by atoms with van der Waals surface area (Å²) >= 11 is 0. The van der Waals surface area contributed by atoms with Crippen LogP contribution in [0.4, 0.5) is 17.6 Å². The van der Waals surface area contributed by atoms with E-state index in [9.17, 15) is 22.4 Å². The van der Waals surface area contributed by atoms with Gasteiger partial charge in [-0.05, 0) is 12.1 Å². The topological polar surface area (TPSA) is 53.3 Å². The minimum absolute atomic E-state index is 0.169. The van der Waals surface area contributed by atoms with Crippen LogP contribution in [0.2, 0.25) is 0 Å².